The summed E-state index contributed by atoms with van der Waals surface area (Å²) in [6.45, 7) is 0. The Morgan fingerprint density at radius 2 is 1.33 bits per heavy atom. The predicted molar refractivity (Wildman–Crippen MR) is 103 cm³/mol. The van der Waals surface area contributed by atoms with Crippen molar-refractivity contribution in [3.8, 4) is 0 Å². The second-order valence-electron chi connectivity index (χ2n) is 6.45. The van der Waals surface area contributed by atoms with Crippen LogP contribution < -0.4 is 0 Å². The van der Waals surface area contributed by atoms with Gasteiger partial charge in [0.25, 0.3) is 11.8 Å². The predicted octanol–water partition coefficient (Wildman–Crippen LogP) is 3.99. The fourth-order valence-corrected chi connectivity index (χ4v) is 3.74. The zero-order chi connectivity index (χ0) is 18.5. The molecular formula is C22H14N2O3. The molecule has 5 heteroatoms. The standard InChI is InChI=1S/C22H14N2O3/c25-21-19(16-10-5-7-13-6-1-2-8-14(13)16)20(22(26)24(21)27)17-12-23-18-11-4-3-9-15(17)18/h1-12,23,27H. The highest BCUT2D eigenvalue weighted by Crippen LogP contribution is 2.39. The van der Waals surface area contributed by atoms with E-state index in [1.165, 1.54) is 0 Å². The average Bonchev–Trinajstić information content (AvgIpc) is 3.22. The number of hydrogen-bond acceptors (Lipinski definition) is 3. The fraction of sp³-hybridized carbons (Fsp3) is 0. The maximum atomic E-state index is 12.8. The molecule has 2 N–H and O–H groups in total. The van der Waals surface area contributed by atoms with Gasteiger partial charge in [-0.25, -0.2) is 0 Å². The highest BCUT2D eigenvalue weighted by Gasteiger charge is 2.40. The molecule has 0 fully saturated rings. The Bertz CT molecular complexity index is 1280. The first kappa shape index (κ1) is 15.5. The molecule has 5 nitrogen and oxygen atoms in total. The van der Waals surface area contributed by atoms with Crippen molar-refractivity contribution in [1.29, 1.82) is 0 Å². The smallest absolute Gasteiger partial charge is 0.286 e. The van der Waals surface area contributed by atoms with E-state index < -0.39 is 11.8 Å². The van der Waals surface area contributed by atoms with Gasteiger partial charge in [-0.2, -0.15) is 0 Å². The molecular weight excluding hydrogens is 340 g/mol. The Balaban J connectivity index is 1.88. The topological polar surface area (TPSA) is 73.4 Å². The van der Waals surface area contributed by atoms with Crippen LogP contribution in [0.3, 0.4) is 0 Å². The number of fused-ring (bicyclic) bond motifs is 2. The first-order valence-corrected chi connectivity index (χ1v) is 8.53. The molecule has 5 rings (SSSR count). The molecule has 130 valence electrons. The average molecular weight is 354 g/mol. The second-order valence-corrected chi connectivity index (χ2v) is 6.45. The highest BCUT2D eigenvalue weighted by molar-refractivity contribution is 6.50. The summed E-state index contributed by atoms with van der Waals surface area (Å²) in [4.78, 5) is 28.7. The molecule has 0 atom stereocenters. The normalized spacial score (nSPS) is 14.8. The van der Waals surface area contributed by atoms with Crippen molar-refractivity contribution in [2.75, 3.05) is 0 Å². The largest absolute Gasteiger partial charge is 0.361 e. The summed E-state index contributed by atoms with van der Waals surface area (Å²) in [5, 5.41) is 12.9. The molecule has 1 aliphatic heterocycles. The lowest BCUT2D eigenvalue weighted by atomic mass is 9.92. The van der Waals surface area contributed by atoms with Crippen LogP contribution in [0, 0.1) is 0 Å². The number of nitrogens with one attached hydrogen (secondary N) is 1. The van der Waals surface area contributed by atoms with Crippen LogP contribution in [0.15, 0.2) is 72.9 Å². The minimum absolute atomic E-state index is 0.203. The molecule has 0 saturated carbocycles. The summed E-state index contributed by atoms with van der Waals surface area (Å²) in [5.41, 5.74) is 2.50. The minimum atomic E-state index is -0.715. The van der Waals surface area contributed by atoms with Gasteiger partial charge in [0, 0.05) is 22.7 Å². The lowest BCUT2D eigenvalue weighted by Crippen LogP contribution is -2.27. The number of aromatic nitrogens is 1. The van der Waals surface area contributed by atoms with E-state index in [0.717, 1.165) is 21.7 Å². The Labute approximate surface area is 154 Å². The fourth-order valence-electron chi connectivity index (χ4n) is 3.74. The van der Waals surface area contributed by atoms with Gasteiger partial charge in [-0.05, 0) is 22.4 Å². The van der Waals surface area contributed by atoms with Gasteiger partial charge in [0.1, 0.15) is 0 Å². The second kappa shape index (κ2) is 5.65. The van der Waals surface area contributed by atoms with E-state index in [1.807, 2.05) is 60.7 Å². The lowest BCUT2D eigenvalue weighted by Gasteiger charge is -2.08. The molecule has 0 bridgehead atoms. The van der Waals surface area contributed by atoms with Crippen LogP contribution in [0.25, 0.3) is 32.8 Å². The van der Waals surface area contributed by atoms with Crippen LogP contribution in [-0.2, 0) is 9.59 Å². The molecule has 1 aromatic heterocycles. The number of nitrogens with zero attached hydrogens (tertiary/aromatic N) is 1. The number of hydroxylamine groups is 2. The number of hydrogen-bond donors (Lipinski definition) is 2. The number of carbonyl (C=O) groups is 2. The molecule has 4 aromatic rings. The molecule has 0 unspecified atom stereocenters. The molecule has 0 aliphatic carbocycles. The Hall–Kier alpha value is -3.70. The van der Waals surface area contributed by atoms with Gasteiger partial charge in [-0.15, -0.1) is 5.06 Å². The number of aromatic amines is 1. The maximum Gasteiger partial charge on any atom is 0.286 e. The highest BCUT2D eigenvalue weighted by atomic mass is 16.5. The molecule has 3 aromatic carbocycles. The molecule has 0 saturated heterocycles. The van der Waals surface area contributed by atoms with Crippen LogP contribution in [0.5, 0.6) is 0 Å². The number of imide groups is 1. The van der Waals surface area contributed by atoms with E-state index in [-0.39, 0.29) is 16.2 Å². The number of para-hydroxylation sites is 1. The molecule has 2 heterocycles. The Morgan fingerprint density at radius 3 is 2.15 bits per heavy atom. The van der Waals surface area contributed by atoms with Crippen molar-refractivity contribution >= 4 is 44.6 Å². The van der Waals surface area contributed by atoms with Gasteiger partial charge in [0.05, 0.1) is 11.1 Å². The first-order valence-electron chi connectivity index (χ1n) is 8.53. The summed E-state index contributed by atoms with van der Waals surface area (Å²) in [5.74, 6) is -1.43. The lowest BCUT2D eigenvalue weighted by molar-refractivity contribution is -0.168. The number of H-pyrrole nitrogens is 1. The van der Waals surface area contributed by atoms with Crippen LogP contribution in [0.2, 0.25) is 0 Å². The zero-order valence-corrected chi connectivity index (χ0v) is 14.1. The third-order valence-electron chi connectivity index (χ3n) is 4.98. The number of carbonyl (C=O) groups excluding carboxylic acids is 2. The quantitative estimate of drug-likeness (QED) is 0.422. The van der Waals surface area contributed by atoms with Gasteiger partial charge in [-0.1, -0.05) is 60.7 Å². The van der Waals surface area contributed by atoms with Gasteiger partial charge in [0.2, 0.25) is 0 Å². The number of benzene rings is 3. The van der Waals surface area contributed by atoms with Crippen molar-refractivity contribution in [3.63, 3.8) is 0 Å². The monoisotopic (exact) mass is 354 g/mol. The Kier molecular flexibility index (Phi) is 3.26. The molecule has 2 amide bonds. The third kappa shape index (κ3) is 2.16. The number of amides is 2. The van der Waals surface area contributed by atoms with E-state index in [4.69, 9.17) is 0 Å². The minimum Gasteiger partial charge on any atom is -0.361 e. The van der Waals surface area contributed by atoms with Crippen molar-refractivity contribution in [3.05, 3.63) is 84.1 Å². The summed E-state index contributed by atoms with van der Waals surface area (Å²) >= 11 is 0. The summed E-state index contributed by atoms with van der Waals surface area (Å²) in [6, 6.07) is 20.8. The van der Waals surface area contributed by atoms with E-state index in [9.17, 15) is 14.8 Å². The van der Waals surface area contributed by atoms with Gasteiger partial charge < -0.3 is 4.98 Å². The van der Waals surface area contributed by atoms with E-state index in [2.05, 4.69) is 4.98 Å². The van der Waals surface area contributed by atoms with E-state index >= 15 is 0 Å². The van der Waals surface area contributed by atoms with Crippen molar-refractivity contribution in [1.82, 2.24) is 10.0 Å². The van der Waals surface area contributed by atoms with E-state index in [1.54, 1.807) is 12.3 Å². The van der Waals surface area contributed by atoms with Crippen LogP contribution in [0.4, 0.5) is 0 Å². The van der Waals surface area contributed by atoms with Crippen LogP contribution in [0.1, 0.15) is 11.1 Å². The Morgan fingerprint density at radius 1 is 0.704 bits per heavy atom. The molecule has 27 heavy (non-hydrogen) atoms. The van der Waals surface area contributed by atoms with Crippen LogP contribution >= 0.6 is 0 Å². The van der Waals surface area contributed by atoms with Crippen molar-refractivity contribution < 1.29 is 14.8 Å². The van der Waals surface area contributed by atoms with Gasteiger partial charge in [-0.3, -0.25) is 14.8 Å². The summed E-state index contributed by atoms with van der Waals surface area (Å²) < 4.78 is 0. The van der Waals surface area contributed by atoms with Crippen LogP contribution in [-0.4, -0.2) is 27.1 Å². The van der Waals surface area contributed by atoms with Gasteiger partial charge in [0.15, 0.2) is 0 Å². The van der Waals surface area contributed by atoms with Crippen molar-refractivity contribution in [2.24, 2.45) is 0 Å². The SMILES string of the molecule is O=C1C(c2cccc3ccccc23)=C(c2c[nH]c3ccccc23)C(=O)N1O. The molecule has 0 spiro atoms. The molecule has 1 aliphatic rings. The van der Waals surface area contributed by atoms with Crippen molar-refractivity contribution in [2.45, 2.75) is 0 Å². The maximum absolute atomic E-state index is 12.8. The third-order valence-corrected chi connectivity index (χ3v) is 4.98. The molecule has 0 radical (unpaired) electrons. The first-order chi connectivity index (χ1) is 13.2. The zero-order valence-electron chi connectivity index (χ0n) is 14.1. The number of rotatable bonds is 2. The summed E-state index contributed by atoms with van der Waals surface area (Å²) in [6.07, 6.45) is 1.70. The summed E-state index contributed by atoms with van der Waals surface area (Å²) in [7, 11) is 0. The van der Waals surface area contributed by atoms with Gasteiger partial charge >= 0.3 is 0 Å². The van der Waals surface area contributed by atoms with E-state index in [0.29, 0.717) is 11.1 Å².